The Bertz CT molecular complexity index is 687. The highest BCUT2D eigenvalue weighted by Gasteiger charge is 2.26. The number of rotatable bonds is 1. The highest BCUT2D eigenvalue weighted by Crippen LogP contribution is 2.28. The SMILES string of the molecule is O=C1/C(=N/O)Cc2cc(-c3ccc(O)cc3)ccc21. The maximum absolute atomic E-state index is 11.8. The molecule has 0 atom stereocenters. The van der Waals surface area contributed by atoms with Gasteiger partial charge in [-0.05, 0) is 28.8 Å². The Labute approximate surface area is 109 Å². The van der Waals surface area contributed by atoms with Gasteiger partial charge in [-0.2, -0.15) is 0 Å². The van der Waals surface area contributed by atoms with E-state index in [4.69, 9.17) is 5.21 Å². The summed E-state index contributed by atoms with van der Waals surface area (Å²) in [5, 5.41) is 21.1. The third kappa shape index (κ3) is 1.87. The molecule has 0 aromatic heterocycles. The second-order valence-electron chi connectivity index (χ2n) is 4.47. The molecule has 0 unspecified atom stereocenters. The number of fused-ring (bicyclic) bond motifs is 1. The quantitative estimate of drug-likeness (QED) is 0.606. The lowest BCUT2D eigenvalue weighted by Crippen LogP contribution is -2.06. The summed E-state index contributed by atoms with van der Waals surface area (Å²) in [5.41, 5.74) is 3.56. The number of ketones is 1. The predicted octanol–water partition coefficient (Wildman–Crippen LogP) is 2.63. The topological polar surface area (TPSA) is 69.9 Å². The average Bonchev–Trinajstić information content (AvgIpc) is 2.76. The number of carbonyl (C=O) groups is 1. The number of nitrogens with zero attached hydrogens (tertiary/aromatic N) is 1. The molecule has 2 aromatic carbocycles. The van der Waals surface area contributed by atoms with Gasteiger partial charge in [-0.3, -0.25) is 4.79 Å². The minimum atomic E-state index is -0.213. The molecule has 94 valence electrons. The first kappa shape index (κ1) is 11.5. The second-order valence-corrected chi connectivity index (χ2v) is 4.47. The van der Waals surface area contributed by atoms with Crippen LogP contribution in [0.4, 0.5) is 0 Å². The number of hydrogen-bond acceptors (Lipinski definition) is 4. The fraction of sp³-hybridized carbons (Fsp3) is 0.0667. The molecule has 0 heterocycles. The molecule has 0 aliphatic heterocycles. The van der Waals surface area contributed by atoms with Gasteiger partial charge in [0.1, 0.15) is 11.5 Å². The molecule has 0 spiro atoms. The van der Waals surface area contributed by atoms with E-state index in [0.29, 0.717) is 12.0 Å². The average molecular weight is 253 g/mol. The Balaban J connectivity index is 2.05. The van der Waals surface area contributed by atoms with Gasteiger partial charge in [0.05, 0.1) is 0 Å². The van der Waals surface area contributed by atoms with Crippen molar-refractivity contribution in [3.63, 3.8) is 0 Å². The molecule has 0 saturated heterocycles. The van der Waals surface area contributed by atoms with Gasteiger partial charge in [0.25, 0.3) is 0 Å². The van der Waals surface area contributed by atoms with Crippen molar-refractivity contribution in [2.75, 3.05) is 0 Å². The summed E-state index contributed by atoms with van der Waals surface area (Å²) in [7, 11) is 0. The molecule has 1 aliphatic rings. The maximum Gasteiger partial charge on any atom is 0.211 e. The van der Waals surface area contributed by atoms with Gasteiger partial charge in [-0.15, -0.1) is 0 Å². The first-order chi connectivity index (χ1) is 9.19. The van der Waals surface area contributed by atoms with Crippen molar-refractivity contribution in [2.45, 2.75) is 6.42 Å². The molecule has 1 aliphatic carbocycles. The molecule has 2 N–H and O–H groups in total. The van der Waals surface area contributed by atoms with E-state index < -0.39 is 0 Å². The molecule has 4 nitrogen and oxygen atoms in total. The van der Waals surface area contributed by atoms with Crippen LogP contribution in [0.2, 0.25) is 0 Å². The summed E-state index contributed by atoms with van der Waals surface area (Å²) in [5.74, 6) is 0.00421. The Morgan fingerprint density at radius 3 is 2.37 bits per heavy atom. The van der Waals surface area contributed by atoms with Crippen LogP contribution in [0.15, 0.2) is 47.6 Å². The maximum atomic E-state index is 11.8. The number of carbonyl (C=O) groups excluding carboxylic acids is 1. The van der Waals surface area contributed by atoms with Gasteiger partial charge in [0.2, 0.25) is 5.78 Å². The zero-order valence-corrected chi connectivity index (χ0v) is 10.00. The Kier molecular flexibility index (Phi) is 2.56. The van der Waals surface area contributed by atoms with Crippen molar-refractivity contribution < 1.29 is 15.1 Å². The van der Waals surface area contributed by atoms with Crippen molar-refractivity contribution in [3.05, 3.63) is 53.6 Å². The lowest BCUT2D eigenvalue weighted by molar-refractivity contribution is 0.106. The van der Waals surface area contributed by atoms with E-state index in [2.05, 4.69) is 5.16 Å². The molecule has 0 bridgehead atoms. The summed E-state index contributed by atoms with van der Waals surface area (Å²) in [6, 6.07) is 12.4. The smallest absolute Gasteiger partial charge is 0.211 e. The van der Waals surface area contributed by atoms with Gasteiger partial charge < -0.3 is 10.3 Å². The molecule has 3 rings (SSSR count). The van der Waals surface area contributed by atoms with E-state index in [9.17, 15) is 9.90 Å². The van der Waals surface area contributed by atoms with Crippen molar-refractivity contribution in [2.24, 2.45) is 5.16 Å². The first-order valence-corrected chi connectivity index (χ1v) is 5.87. The Hall–Kier alpha value is -2.62. The van der Waals surface area contributed by atoms with E-state index in [0.717, 1.165) is 16.7 Å². The monoisotopic (exact) mass is 253 g/mol. The van der Waals surface area contributed by atoms with Gasteiger partial charge in [-0.25, -0.2) is 0 Å². The summed E-state index contributed by atoms with van der Waals surface area (Å²) in [6.45, 7) is 0. The van der Waals surface area contributed by atoms with Gasteiger partial charge in [0.15, 0.2) is 0 Å². The zero-order valence-electron chi connectivity index (χ0n) is 10.00. The van der Waals surface area contributed by atoms with Crippen LogP contribution >= 0.6 is 0 Å². The van der Waals surface area contributed by atoms with Crippen LogP contribution in [0, 0.1) is 0 Å². The number of hydrogen-bond donors (Lipinski definition) is 2. The van der Waals surface area contributed by atoms with E-state index in [-0.39, 0.29) is 17.2 Å². The van der Waals surface area contributed by atoms with Crippen molar-refractivity contribution in [1.29, 1.82) is 0 Å². The first-order valence-electron chi connectivity index (χ1n) is 5.87. The predicted molar refractivity (Wildman–Crippen MR) is 70.8 cm³/mol. The van der Waals surface area contributed by atoms with E-state index in [1.807, 2.05) is 24.3 Å². The standard InChI is InChI=1S/C15H11NO3/c17-12-4-1-9(2-5-12)10-3-6-13-11(7-10)8-14(16-19)15(13)18/h1-7,17,19H,8H2/b16-14+. The fourth-order valence-corrected chi connectivity index (χ4v) is 2.29. The van der Waals surface area contributed by atoms with Crippen molar-refractivity contribution >= 4 is 11.5 Å². The minimum Gasteiger partial charge on any atom is -0.508 e. The highest BCUT2D eigenvalue weighted by atomic mass is 16.4. The highest BCUT2D eigenvalue weighted by molar-refractivity contribution is 6.49. The molecule has 0 saturated carbocycles. The van der Waals surface area contributed by atoms with Crippen LogP contribution in [0.25, 0.3) is 11.1 Å². The van der Waals surface area contributed by atoms with Crippen molar-refractivity contribution in [1.82, 2.24) is 0 Å². The number of benzene rings is 2. The number of phenolic OH excluding ortho intramolecular Hbond substituents is 1. The number of Topliss-reactive ketones (excluding diaryl/α,β-unsaturated/α-hetero) is 1. The number of aromatic hydroxyl groups is 1. The van der Waals surface area contributed by atoms with Crippen LogP contribution < -0.4 is 0 Å². The number of phenols is 1. The second kappa shape index (κ2) is 4.24. The number of oxime groups is 1. The Morgan fingerprint density at radius 2 is 1.68 bits per heavy atom. The van der Waals surface area contributed by atoms with E-state index >= 15 is 0 Å². The molecule has 0 radical (unpaired) electrons. The fourth-order valence-electron chi connectivity index (χ4n) is 2.29. The minimum absolute atomic E-state index is 0.179. The summed E-state index contributed by atoms with van der Waals surface area (Å²) < 4.78 is 0. The van der Waals surface area contributed by atoms with Crippen LogP contribution in [-0.4, -0.2) is 21.8 Å². The third-order valence-electron chi connectivity index (χ3n) is 3.29. The van der Waals surface area contributed by atoms with Crippen LogP contribution in [0.5, 0.6) is 5.75 Å². The van der Waals surface area contributed by atoms with Crippen LogP contribution in [0.1, 0.15) is 15.9 Å². The Morgan fingerprint density at radius 1 is 1.00 bits per heavy atom. The molecular weight excluding hydrogens is 242 g/mol. The molecule has 2 aromatic rings. The summed E-state index contributed by atoms with van der Waals surface area (Å²) in [4.78, 5) is 11.8. The lowest BCUT2D eigenvalue weighted by atomic mass is 10.0. The molecular formula is C15H11NO3. The van der Waals surface area contributed by atoms with Gasteiger partial charge in [0, 0.05) is 12.0 Å². The molecule has 0 amide bonds. The van der Waals surface area contributed by atoms with Crippen molar-refractivity contribution in [3.8, 4) is 16.9 Å². The zero-order chi connectivity index (χ0) is 13.4. The molecule has 4 heteroatoms. The van der Waals surface area contributed by atoms with Gasteiger partial charge >= 0.3 is 0 Å². The lowest BCUT2D eigenvalue weighted by Gasteiger charge is -2.04. The third-order valence-corrected chi connectivity index (χ3v) is 3.29. The normalized spacial score (nSPS) is 15.8. The largest absolute Gasteiger partial charge is 0.508 e. The van der Waals surface area contributed by atoms with Crippen LogP contribution in [0.3, 0.4) is 0 Å². The van der Waals surface area contributed by atoms with E-state index in [1.54, 1.807) is 18.2 Å². The van der Waals surface area contributed by atoms with Crippen LogP contribution in [-0.2, 0) is 6.42 Å². The van der Waals surface area contributed by atoms with E-state index in [1.165, 1.54) is 0 Å². The van der Waals surface area contributed by atoms with Gasteiger partial charge in [-0.1, -0.05) is 35.5 Å². The summed E-state index contributed by atoms with van der Waals surface area (Å²) >= 11 is 0. The molecule has 0 fully saturated rings. The molecule has 19 heavy (non-hydrogen) atoms. The summed E-state index contributed by atoms with van der Waals surface area (Å²) in [6.07, 6.45) is 0.358.